The largest absolute Gasteiger partial charge is 0.380 e. The number of ether oxygens (including phenoxy) is 1. The predicted molar refractivity (Wildman–Crippen MR) is 91.4 cm³/mol. The number of aromatic nitrogens is 4. The Morgan fingerprint density at radius 3 is 2.57 bits per heavy atom. The van der Waals surface area contributed by atoms with Crippen LogP contribution in [0.1, 0.15) is 17.0 Å². The molecule has 0 radical (unpaired) electrons. The first-order chi connectivity index (χ1) is 11.1. The Balaban J connectivity index is 1.89. The number of fused-ring (bicyclic) bond motifs is 2. The molecule has 0 aliphatic rings. The molecule has 23 heavy (non-hydrogen) atoms. The zero-order chi connectivity index (χ0) is 16.0. The van der Waals surface area contributed by atoms with Crippen molar-refractivity contribution < 1.29 is 4.74 Å². The van der Waals surface area contributed by atoms with Crippen molar-refractivity contribution in [3.8, 4) is 11.4 Å². The number of nitrogens with zero attached hydrogens (tertiary/aromatic N) is 2. The van der Waals surface area contributed by atoms with Crippen LogP contribution in [0.25, 0.3) is 33.5 Å². The Hall–Kier alpha value is -2.66. The smallest absolute Gasteiger partial charge is 0.138 e. The van der Waals surface area contributed by atoms with Crippen LogP contribution in [0.15, 0.2) is 30.3 Å². The number of hydrogen-bond donors (Lipinski definition) is 2. The molecule has 0 fully saturated rings. The second-order valence-corrected chi connectivity index (χ2v) is 5.89. The average molecular weight is 306 g/mol. The molecule has 0 aliphatic heterocycles. The fourth-order valence-corrected chi connectivity index (χ4v) is 3.00. The Labute approximate surface area is 133 Å². The van der Waals surface area contributed by atoms with Gasteiger partial charge in [-0.1, -0.05) is 23.8 Å². The topological polar surface area (TPSA) is 66.6 Å². The van der Waals surface area contributed by atoms with Crippen molar-refractivity contribution in [1.29, 1.82) is 0 Å². The lowest BCUT2D eigenvalue weighted by Crippen LogP contribution is -1.94. The van der Waals surface area contributed by atoms with Crippen molar-refractivity contribution in [2.75, 3.05) is 7.11 Å². The third-order valence-corrected chi connectivity index (χ3v) is 4.02. The molecule has 0 saturated heterocycles. The van der Waals surface area contributed by atoms with Gasteiger partial charge in [-0.25, -0.2) is 9.97 Å². The molecule has 0 aliphatic carbocycles. The van der Waals surface area contributed by atoms with Gasteiger partial charge in [0.15, 0.2) is 0 Å². The van der Waals surface area contributed by atoms with Gasteiger partial charge in [-0.3, -0.25) is 0 Å². The molecule has 0 spiro atoms. The number of aryl methyl sites for hydroxylation is 2. The highest BCUT2D eigenvalue weighted by atomic mass is 16.5. The first-order valence-electron chi connectivity index (χ1n) is 7.59. The fourth-order valence-electron chi connectivity index (χ4n) is 3.00. The Kier molecular flexibility index (Phi) is 3.16. The molecule has 2 N–H and O–H groups in total. The van der Waals surface area contributed by atoms with Crippen LogP contribution in [0.5, 0.6) is 0 Å². The predicted octanol–water partition coefficient (Wildman–Crippen LogP) is 3.87. The number of nitrogens with one attached hydrogen (secondary N) is 2. The molecule has 4 rings (SSSR count). The van der Waals surface area contributed by atoms with Crippen LogP contribution in [0, 0.1) is 13.8 Å². The quantitative estimate of drug-likeness (QED) is 0.604. The van der Waals surface area contributed by atoms with E-state index in [1.165, 1.54) is 5.56 Å². The summed E-state index contributed by atoms with van der Waals surface area (Å²) in [6.07, 6.45) is 0. The number of aromatic amines is 2. The van der Waals surface area contributed by atoms with E-state index in [2.05, 4.69) is 46.1 Å². The molecule has 5 heteroatoms. The molecule has 0 unspecified atom stereocenters. The Morgan fingerprint density at radius 1 is 0.957 bits per heavy atom. The minimum absolute atomic E-state index is 0.565. The summed E-state index contributed by atoms with van der Waals surface area (Å²) in [5.74, 6) is 1.77. The lowest BCUT2D eigenvalue weighted by molar-refractivity contribution is 0.185. The molecule has 2 heterocycles. The lowest BCUT2D eigenvalue weighted by atomic mass is 10.0. The van der Waals surface area contributed by atoms with Crippen LogP contribution < -0.4 is 0 Å². The minimum Gasteiger partial charge on any atom is -0.380 e. The van der Waals surface area contributed by atoms with E-state index < -0.39 is 0 Å². The lowest BCUT2D eigenvalue weighted by Gasteiger charge is -2.07. The number of benzene rings is 2. The van der Waals surface area contributed by atoms with Gasteiger partial charge in [-0.05, 0) is 31.5 Å². The van der Waals surface area contributed by atoms with Crippen LogP contribution in [0.4, 0.5) is 0 Å². The second kappa shape index (κ2) is 5.21. The van der Waals surface area contributed by atoms with Gasteiger partial charge in [-0.2, -0.15) is 0 Å². The molecule has 4 aromatic rings. The first-order valence-corrected chi connectivity index (χ1v) is 7.59. The monoisotopic (exact) mass is 306 g/mol. The van der Waals surface area contributed by atoms with E-state index in [1.54, 1.807) is 7.11 Å². The van der Waals surface area contributed by atoms with Crippen molar-refractivity contribution in [3.05, 3.63) is 47.3 Å². The zero-order valence-corrected chi connectivity index (χ0v) is 13.4. The van der Waals surface area contributed by atoms with Crippen LogP contribution >= 0.6 is 0 Å². The normalized spacial score (nSPS) is 11.6. The van der Waals surface area contributed by atoms with E-state index >= 15 is 0 Å². The molecule has 0 amide bonds. The summed E-state index contributed by atoms with van der Waals surface area (Å²) in [5, 5.41) is 0. The number of methoxy groups -OCH3 is 1. The van der Waals surface area contributed by atoms with E-state index in [0.717, 1.165) is 44.8 Å². The summed E-state index contributed by atoms with van der Waals surface area (Å²) < 4.78 is 5.33. The maximum Gasteiger partial charge on any atom is 0.138 e. The van der Waals surface area contributed by atoms with Gasteiger partial charge < -0.3 is 14.7 Å². The van der Waals surface area contributed by atoms with Crippen LogP contribution in [-0.4, -0.2) is 27.0 Å². The van der Waals surface area contributed by atoms with E-state index in [4.69, 9.17) is 9.72 Å². The molecular weight excluding hydrogens is 288 g/mol. The molecule has 5 nitrogen and oxygen atoms in total. The van der Waals surface area contributed by atoms with Gasteiger partial charge in [0.25, 0.3) is 0 Å². The number of hydrogen-bond acceptors (Lipinski definition) is 3. The van der Waals surface area contributed by atoms with E-state index in [1.807, 2.05) is 13.0 Å². The SMILES string of the molecule is COCc1cc(C)ccc1-c1nc2cc3nc(C)[nH]c3cc2[nH]1. The van der Waals surface area contributed by atoms with Gasteiger partial charge >= 0.3 is 0 Å². The highest BCUT2D eigenvalue weighted by Crippen LogP contribution is 2.27. The van der Waals surface area contributed by atoms with Crippen molar-refractivity contribution in [1.82, 2.24) is 19.9 Å². The van der Waals surface area contributed by atoms with E-state index in [0.29, 0.717) is 6.61 Å². The molecular formula is C18H18N4O. The molecule has 0 atom stereocenters. The third-order valence-electron chi connectivity index (χ3n) is 4.02. The Bertz CT molecular complexity index is 962. The molecule has 116 valence electrons. The number of rotatable bonds is 3. The van der Waals surface area contributed by atoms with E-state index in [9.17, 15) is 0 Å². The van der Waals surface area contributed by atoms with E-state index in [-0.39, 0.29) is 0 Å². The summed E-state index contributed by atoms with van der Waals surface area (Å²) in [6.45, 7) is 4.60. The highest BCUT2D eigenvalue weighted by molar-refractivity contribution is 5.92. The first kappa shape index (κ1) is 14.0. The standard InChI is InChI=1S/C18H18N4O/c1-10-4-5-13(12(6-10)9-23-3)18-21-16-7-14-15(8-17(16)22-18)20-11(2)19-14/h4-8H,9H2,1-3H3,(H,19,20)(H,21,22). The molecule has 2 aromatic heterocycles. The molecule has 2 aromatic carbocycles. The average Bonchev–Trinajstić information content (AvgIpc) is 3.06. The van der Waals surface area contributed by atoms with Crippen LogP contribution in [0.2, 0.25) is 0 Å². The molecule has 0 bridgehead atoms. The van der Waals surface area contributed by atoms with Gasteiger partial charge in [0, 0.05) is 12.7 Å². The summed E-state index contributed by atoms with van der Waals surface area (Å²) in [4.78, 5) is 15.9. The summed E-state index contributed by atoms with van der Waals surface area (Å²) in [6, 6.07) is 10.4. The fraction of sp³-hybridized carbons (Fsp3) is 0.222. The summed E-state index contributed by atoms with van der Waals surface area (Å²) >= 11 is 0. The minimum atomic E-state index is 0.565. The van der Waals surface area contributed by atoms with Crippen molar-refractivity contribution >= 4 is 22.1 Å². The maximum absolute atomic E-state index is 5.33. The van der Waals surface area contributed by atoms with Crippen LogP contribution in [0.3, 0.4) is 0 Å². The third kappa shape index (κ3) is 2.39. The highest BCUT2D eigenvalue weighted by Gasteiger charge is 2.12. The van der Waals surface area contributed by atoms with Crippen molar-refractivity contribution in [3.63, 3.8) is 0 Å². The van der Waals surface area contributed by atoms with Gasteiger partial charge in [0.1, 0.15) is 11.6 Å². The summed E-state index contributed by atoms with van der Waals surface area (Å²) in [5.41, 5.74) is 7.29. The van der Waals surface area contributed by atoms with Crippen LogP contribution in [-0.2, 0) is 11.3 Å². The van der Waals surface area contributed by atoms with Gasteiger partial charge in [0.2, 0.25) is 0 Å². The summed E-state index contributed by atoms with van der Waals surface area (Å²) in [7, 11) is 1.71. The zero-order valence-electron chi connectivity index (χ0n) is 13.4. The number of imidazole rings is 2. The van der Waals surface area contributed by atoms with Gasteiger partial charge in [0.05, 0.1) is 28.7 Å². The van der Waals surface area contributed by atoms with Crippen molar-refractivity contribution in [2.24, 2.45) is 0 Å². The van der Waals surface area contributed by atoms with Crippen molar-refractivity contribution in [2.45, 2.75) is 20.5 Å². The number of H-pyrrole nitrogens is 2. The second-order valence-electron chi connectivity index (χ2n) is 5.89. The molecule has 0 saturated carbocycles. The van der Waals surface area contributed by atoms with Gasteiger partial charge in [-0.15, -0.1) is 0 Å². The Morgan fingerprint density at radius 2 is 1.74 bits per heavy atom. The maximum atomic E-state index is 5.33.